The number of ether oxygens (including phenoxy) is 1. The van der Waals surface area contributed by atoms with E-state index in [9.17, 15) is 0 Å². The van der Waals surface area contributed by atoms with Crippen LogP contribution in [0.3, 0.4) is 0 Å². The second-order valence-electron chi connectivity index (χ2n) is 7.10. The summed E-state index contributed by atoms with van der Waals surface area (Å²) in [5.41, 5.74) is 0. The molecule has 0 aromatic carbocycles. The van der Waals surface area contributed by atoms with Crippen LogP contribution in [0.2, 0.25) is 0 Å². The molecule has 4 unspecified atom stereocenters. The quantitative estimate of drug-likeness (QED) is 0.831. The zero-order valence-corrected chi connectivity index (χ0v) is 12.9. The van der Waals surface area contributed by atoms with Gasteiger partial charge in [0.2, 0.25) is 0 Å². The van der Waals surface area contributed by atoms with E-state index in [1.807, 2.05) is 0 Å². The highest BCUT2D eigenvalue weighted by molar-refractivity contribution is 4.91. The Labute approximate surface area is 124 Å². The van der Waals surface area contributed by atoms with Crippen molar-refractivity contribution < 1.29 is 4.74 Å². The molecule has 0 amide bonds. The molecule has 0 bridgehead atoms. The molecule has 4 atom stereocenters. The summed E-state index contributed by atoms with van der Waals surface area (Å²) in [5.74, 6) is 1.62. The molecule has 3 nitrogen and oxygen atoms in total. The van der Waals surface area contributed by atoms with Crippen LogP contribution in [0.1, 0.15) is 57.8 Å². The fraction of sp³-hybridized carbons (Fsp3) is 1.00. The van der Waals surface area contributed by atoms with Gasteiger partial charge in [0.05, 0.1) is 6.61 Å². The molecule has 3 fully saturated rings. The summed E-state index contributed by atoms with van der Waals surface area (Å²) >= 11 is 0. The number of hydrogen-bond acceptors (Lipinski definition) is 3. The van der Waals surface area contributed by atoms with Gasteiger partial charge in [0.1, 0.15) is 0 Å². The molecule has 2 saturated heterocycles. The minimum Gasteiger partial charge on any atom is -0.381 e. The van der Waals surface area contributed by atoms with Gasteiger partial charge in [0, 0.05) is 25.2 Å². The van der Waals surface area contributed by atoms with Crippen LogP contribution in [0.5, 0.6) is 0 Å². The van der Waals surface area contributed by atoms with Crippen molar-refractivity contribution in [2.24, 2.45) is 11.8 Å². The van der Waals surface area contributed by atoms with Crippen LogP contribution in [-0.2, 0) is 4.74 Å². The lowest BCUT2D eigenvalue weighted by molar-refractivity contribution is 0.0510. The highest BCUT2D eigenvalue weighted by atomic mass is 16.5. The Bertz CT molecular complexity index is 272. The van der Waals surface area contributed by atoms with Crippen molar-refractivity contribution in [1.82, 2.24) is 10.6 Å². The zero-order valence-electron chi connectivity index (χ0n) is 12.9. The first-order valence-corrected chi connectivity index (χ1v) is 8.98. The van der Waals surface area contributed by atoms with Gasteiger partial charge in [-0.15, -0.1) is 0 Å². The average molecular weight is 280 g/mol. The Morgan fingerprint density at radius 3 is 2.65 bits per heavy atom. The molecule has 2 aliphatic heterocycles. The molecule has 0 spiro atoms. The average Bonchev–Trinajstić information content (AvgIpc) is 2.55. The lowest BCUT2D eigenvalue weighted by Gasteiger charge is -2.40. The molecular weight excluding hydrogens is 248 g/mol. The van der Waals surface area contributed by atoms with Crippen molar-refractivity contribution in [1.29, 1.82) is 0 Å². The summed E-state index contributed by atoms with van der Waals surface area (Å²) in [6.45, 7) is 4.37. The lowest BCUT2D eigenvalue weighted by atomic mass is 9.77. The molecule has 3 aliphatic rings. The highest BCUT2D eigenvalue weighted by Crippen LogP contribution is 2.30. The molecule has 0 radical (unpaired) electrons. The van der Waals surface area contributed by atoms with E-state index in [-0.39, 0.29) is 0 Å². The van der Waals surface area contributed by atoms with Crippen molar-refractivity contribution >= 4 is 0 Å². The fourth-order valence-corrected chi connectivity index (χ4v) is 4.43. The Morgan fingerprint density at radius 1 is 0.950 bits per heavy atom. The molecule has 20 heavy (non-hydrogen) atoms. The molecule has 0 aromatic rings. The van der Waals surface area contributed by atoms with E-state index in [1.165, 1.54) is 70.9 Å². The van der Waals surface area contributed by atoms with Crippen LogP contribution in [0.15, 0.2) is 0 Å². The summed E-state index contributed by atoms with van der Waals surface area (Å²) in [5, 5.41) is 7.71. The number of hydrogen-bond donors (Lipinski definition) is 2. The third kappa shape index (κ3) is 3.96. The molecule has 3 heteroatoms. The van der Waals surface area contributed by atoms with Crippen molar-refractivity contribution in [2.45, 2.75) is 69.9 Å². The number of rotatable bonds is 4. The van der Waals surface area contributed by atoms with Crippen molar-refractivity contribution in [3.8, 4) is 0 Å². The maximum atomic E-state index is 5.61. The highest BCUT2D eigenvalue weighted by Gasteiger charge is 2.32. The third-order valence-corrected chi connectivity index (χ3v) is 5.61. The largest absolute Gasteiger partial charge is 0.381 e. The fourth-order valence-electron chi connectivity index (χ4n) is 4.43. The second-order valence-corrected chi connectivity index (χ2v) is 7.10. The van der Waals surface area contributed by atoms with E-state index in [0.29, 0.717) is 0 Å². The van der Waals surface area contributed by atoms with Crippen molar-refractivity contribution in [3.63, 3.8) is 0 Å². The van der Waals surface area contributed by atoms with Crippen LogP contribution in [-0.4, -0.2) is 38.4 Å². The van der Waals surface area contributed by atoms with Gasteiger partial charge in [-0.1, -0.05) is 19.3 Å². The van der Waals surface area contributed by atoms with Crippen LogP contribution in [0.25, 0.3) is 0 Å². The Hall–Kier alpha value is -0.120. The first-order chi connectivity index (χ1) is 9.93. The number of piperidine rings is 1. The monoisotopic (exact) mass is 280 g/mol. The molecule has 0 aromatic heterocycles. The second kappa shape index (κ2) is 7.77. The first kappa shape index (κ1) is 14.8. The maximum absolute atomic E-state index is 5.61. The molecular formula is C17H32N2O. The van der Waals surface area contributed by atoms with Crippen LogP contribution >= 0.6 is 0 Å². The molecule has 1 aliphatic carbocycles. The molecule has 2 heterocycles. The Morgan fingerprint density at radius 2 is 1.85 bits per heavy atom. The van der Waals surface area contributed by atoms with E-state index in [0.717, 1.165) is 37.1 Å². The topological polar surface area (TPSA) is 33.3 Å². The maximum Gasteiger partial charge on any atom is 0.0506 e. The summed E-state index contributed by atoms with van der Waals surface area (Å²) in [4.78, 5) is 0. The molecule has 2 N–H and O–H groups in total. The Kier molecular flexibility index (Phi) is 5.75. The summed E-state index contributed by atoms with van der Waals surface area (Å²) < 4.78 is 5.61. The van der Waals surface area contributed by atoms with Crippen LogP contribution < -0.4 is 10.6 Å². The van der Waals surface area contributed by atoms with Crippen molar-refractivity contribution in [2.75, 3.05) is 26.3 Å². The van der Waals surface area contributed by atoms with Gasteiger partial charge in [-0.2, -0.15) is 0 Å². The van der Waals surface area contributed by atoms with E-state index < -0.39 is 0 Å². The van der Waals surface area contributed by atoms with Gasteiger partial charge in [-0.05, 0) is 56.9 Å². The molecule has 3 rings (SSSR count). The first-order valence-electron chi connectivity index (χ1n) is 8.98. The van der Waals surface area contributed by atoms with Gasteiger partial charge in [0.15, 0.2) is 0 Å². The third-order valence-electron chi connectivity index (χ3n) is 5.61. The normalized spacial score (nSPS) is 39.6. The van der Waals surface area contributed by atoms with Gasteiger partial charge < -0.3 is 15.4 Å². The SMILES string of the molecule is C1CCC(C2CCCCC2NCC2CCCOC2)NC1. The van der Waals surface area contributed by atoms with Crippen LogP contribution in [0.4, 0.5) is 0 Å². The van der Waals surface area contributed by atoms with Crippen molar-refractivity contribution in [3.05, 3.63) is 0 Å². The minimum atomic E-state index is 0.751. The standard InChI is InChI=1S/C17H32N2O/c1-2-8-17(19-12-14-6-5-11-20-13-14)15(7-1)16-9-3-4-10-18-16/h14-19H,1-13H2. The lowest BCUT2D eigenvalue weighted by Crippen LogP contribution is -2.51. The summed E-state index contributed by atoms with van der Waals surface area (Å²) in [6, 6.07) is 1.53. The van der Waals surface area contributed by atoms with E-state index in [2.05, 4.69) is 10.6 Å². The van der Waals surface area contributed by atoms with E-state index in [1.54, 1.807) is 0 Å². The summed E-state index contributed by atoms with van der Waals surface area (Å²) in [7, 11) is 0. The Balaban J connectivity index is 1.49. The van der Waals surface area contributed by atoms with Gasteiger partial charge in [0.25, 0.3) is 0 Å². The zero-order chi connectivity index (χ0) is 13.6. The van der Waals surface area contributed by atoms with E-state index >= 15 is 0 Å². The molecule has 116 valence electrons. The van der Waals surface area contributed by atoms with Gasteiger partial charge >= 0.3 is 0 Å². The van der Waals surface area contributed by atoms with Gasteiger partial charge in [-0.3, -0.25) is 0 Å². The number of nitrogens with one attached hydrogen (secondary N) is 2. The minimum absolute atomic E-state index is 0.751. The van der Waals surface area contributed by atoms with E-state index in [4.69, 9.17) is 4.74 Å². The predicted molar refractivity (Wildman–Crippen MR) is 82.9 cm³/mol. The van der Waals surface area contributed by atoms with Crippen LogP contribution in [0, 0.1) is 11.8 Å². The predicted octanol–water partition coefficient (Wildman–Crippen LogP) is 2.70. The summed E-state index contributed by atoms with van der Waals surface area (Å²) in [6.07, 6.45) is 12.5. The molecule has 1 saturated carbocycles. The van der Waals surface area contributed by atoms with Gasteiger partial charge in [-0.25, -0.2) is 0 Å². The smallest absolute Gasteiger partial charge is 0.0506 e.